The van der Waals surface area contributed by atoms with Crippen molar-refractivity contribution in [2.24, 2.45) is 0 Å². The smallest absolute Gasteiger partial charge is 0.187 e. The normalized spacial score (nSPS) is 43.5. The van der Waals surface area contributed by atoms with Gasteiger partial charge in [-0.05, 0) is 12.5 Å². The van der Waals surface area contributed by atoms with E-state index in [4.69, 9.17) is 4.74 Å². The van der Waals surface area contributed by atoms with Crippen molar-refractivity contribution in [3.63, 3.8) is 0 Å². The molecule has 1 heterocycles. The van der Waals surface area contributed by atoms with Crippen LogP contribution in [-0.4, -0.2) is 34.1 Å². The summed E-state index contributed by atoms with van der Waals surface area (Å²) in [7, 11) is 0. The molecule has 1 aliphatic heterocycles. The number of hydrogen-bond donors (Lipinski definition) is 2. The van der Waals surface area contributed by atoms with Crippen LogP contribution in [0.5, 0.6) is 0 Å². The summed E-state index contributed by atoms with van der Waals surface area (Å²) in [5.74, 6) is 5.59. The zero-order valence-electron chi connectivity index (χ0n) is 7.90. The predicted octanol–water partition coefficient (Wildman–Crippen LogP) is -0.00490. The van der Waals surface area contributed by atoms with E-state index in [1.165, 1.54) is 12.2 Å². The van der Waals surface area contributed by atoms with E-state index in [9.17, 15) is 10.2 Å². The quantitative estimate of drug-likeness (QED) is 0.322. The first-order valence-electron chi connectivity index (χ1n) is 4.47. The fraction of sp³-hybridized carbons (Fsp3) is 0.455. The van der Waals surface area contributed by atoms with E-state index >= 15 is 0 Å². The molecule has 0 aromatic carbocycles. The fourth-order valence-electron chi connectivity index (χ4n) is 1.58. The molecule has 74 valence electrons. The zero-order valence-corrected chi connectivity index (χ0v) is 7.90. The molecule has 0 bridgehead atoms. The molecule has 2 rings (SSSR count). The number of hydrogen-bond acceptors (Lipinski definition) is 3. The van der Waals surface area contributed by atoms with Crippen molar-refractivity contribution < 1.29 is 14.9 Å². The highest BCUT2D eigenvalue weighted by molar-refractivity contribution is 5.40. The zero-order chi connectivity index (χ0) is 10.3. The van der Waals surface area contributed by atoms with Gasteiger partial charge in [-0.25, -0.2) is 0 Å². The molecule has 0 aromatic heterocycles. The minimum atomic E-state index is -0.896. The summed E-state index contributed by atoms with van der Waals surface area (Å²) in [6, 6.07) is 0. The summed E-state index contributed by atoms with van der Waals surface area (Å²) < 4.78 is 5.26. The summed E-state index contributed by atoms with van der Waals surface area (Å²) in [5, 5.41) is 19.1. The van der Waals surface area contributed by atoms with E-state index in [1.54, 1.807) is 6.92 Å². The van der Waals surface area contributed by atoms with Gasteiger partial charge in [0, 0.05) is 0 Å². The van der Waals surface area contributed by atoms with Gasteiger partial charge < -0.3 is 14.9 Å². The Morgan fingerprint density at radius 3 is 2.86 bits per heavy atom. The van der Waals surface area contributed by atoms with Gasteiger partial charge in [-0.1, -0.05) is 30.6 Å². The number of allylic oxidation sites excluding steroid dienone is 1. The number of epoxide rings is 1. The second-order valence-electron chi connectivity index (χ2n) is 3.68. The Labute approximate surface area is 82.7 Å². The lowest BCUT2D eigenvalue weighted by Crippen LogP contribution is -2.36. The van der Waals surface area contributed by atoms with Gasteiger partial charge >= 0.3 is 0 Å². The third-order valence-corrected chi connectivity index (χ3v) is 2.40. The van der Waals surface area contributed by atoms with Gasteiger partial charge in [0.25, 0.3) is 0 Å². The lowest BCUT2D eigenvalue weighted by Gasteiger charge is -2.16. The Hall–Kier alpha value is -1.08. The Bertz CT molecular complexity index is 360. The van der Waals surface area contributed by atoms with Gasteiger partial charge in [-0.2, -0.15) is 0 Å². The average molecular weight is 192 g/mol. The fourth-order valence-corrected chi connectivity index (χ4v) is 1.58. The molecule has 0 amide bonds. The molecule has 1 fully saturated rings. The van der Waals surface area contributed by atoms with Gasteiger partial charge in [-0.3, -0.25) is 0 Å². The van der Waals surface area contributed by atoms with E-state index in [-0.39, 0.29) is 0 Å². The van der Waals surface area contributed by atoms with E-state index in [1.807, 2.05) is 0 Å². The molecule has 0 radical (unpaired) electrons. The summed E-state index contributed by atoms with van der Waals surface area (Å²) in [4.78, 5) is 0. The van der Waals surface area contributed by atoms with Crippen LogP contribution in [0.25, 0.3) is 0 Å². The number of aliphatic hydroxyl groups excluding tert-OH is 2. The van der Waals surface area contributed by atoms with E-state index < -0.39 is 23.9 Å². The van der Waals surface area contributed by atoms with Crippen LogP contribution in [0.15, 0.2) is 24.3 Å². The van der Waals surface area contributed by atoms with Crippen LogP contribution in [-0.2, 0) is 4.74 Å². The van der Waals surface area contributed by atoms with Crippen molar-refractivity contribution in [3.05, 3.63) is 24.3 Å². The molecule has 0 spiro atoms. The largest absolute Gasteiger partial charge is 0.386 e. The van der Waals surface area contributed by atoms with Crippen molar-refractivity contribution in [3.8, 4) is 11.8 Å². The number of aliphatic hydroxyl groups is 2. The lowest BCUT2D eigenvalue weighted by molar-refractivity contribution is 0.144. The maximum atomic E-state index is 9.65. The lowest BCUT2D eigenvalue weighted by atomic mass is 9.90. The first-order chi connectivity index (χ1) is 6.56. The Balaban J connectivity index is 2.24. The molecule has 2 aliphatic rings. The molecular formula is C11H12O3. The standard InChI is InChI=1S/C11H12O3/c1-7(2)5-6-11-9(13)4-3-8(12)10(11)14-11/h3-4,8-10,12-13H,1H2,2H3. The minimum absolute atomic E-state index is 0.394. The van der Waals surface area contributed by atoms with Gasteiger partial charge in [-0.15, -0.1) is 0 Å². The Morgan fingerprint density at radius 1 is 1.50 bits per heavy atom. The van der Waals surface area contributed by atoms with E-state index in [2.05, 4.69) is 18.4 Å². The maximum Gasteiger partial charge on any atom is 0.187 e. The SMILES string of the molecule is C=C(C)C#CC12OC1C(O)C=CC2O. The van der Waals surface area contributed by atoms with Gasteiger partial charge in [0.15, 0.2) is 5.60 Å². The van der Waals surface area contributed by atoms with Gasteiger partial charge in [0.1, 0.15) is 18.3 Å². The second kappa shape index (κ2) is 2.96. The van der Waals surface area contributed by atoms with Crippen molar-refractivity contribution in [1.29, 1.82) is 0 Å². The van der Waals surface area contributed by atoms with Crippen molar-refractivity contribution in [2.45, 2.75) is 30.8 Å². The third-order valence-electron chi connectivity index (χ3n) is 2.40. The third kappa shape index (κ3) is 1.28. The maximum absolute atomic E-state index is 9.65. The monoisotopic (exact) mass is 192 g/mol. The van der Waals surface area contributed by atoms with Gasteiger partial charge in [0.05, 0.1) is 0 Å². The molecule has 3 nitrogen and oxygen atoms in total. The minimum Gasteiger partial charge on any atom is -0.386 e. The average Bonchev–Trinajstić information content (AvgIpc) is 2.86. The Kier molecular flexibility index (Phi) is 2.00. The first-order valence-corrected chi connectivity index (χ1v) is 4.47. The van der Waals surface area contributed by atoms with Crippen LogP contribution in [0.3, 0.4) is 0 Å². The van der Waals surface area contributed by atoms with Crippen LogP contribution in [0.2, 0.25) is 0 Å². The highest BCUT2D eigenvalue weighted by atomic mass is 16.6. The summed E-state index contributed by atoms with van der Waals surface area (Å²) in [5.41, 5.74) is -0.183. The van der Waals surface area contributed by atoms with Crippen molar-refractivity contribution in [1.82, 2.24) is 0 Å². The first kappa shape index (κ1) is 9.47. The van der Waals surface area contributed by atoms with Crippen LogP contribution in [0, 0.1) is 11.8 Å². The van der Waals surface area contributed by atoms with Crippen LogP contribution in [0.1, 0.15) is 6.92 Å². The molecule has 4 unspecified atom stereocenters. The summed E-state index contributed by atoms with van der Waals surface area (Å²) >= 11 is 0. The molecule has 2 N–H and O–H groups in total. The number of ether oxygens (including phenoxy) is 1. The molecular weight excluding hydrogens is 180 g/mol. The molecule has 3 heteroatoms. The predicted molar refractivity (Wildman–Crippen MR) is 51.3 cm³/mol. The molecule has 0 saturated carbocycles. The molecule has 14 heavy (non-hydrogen) atoms. The molecule has 1 saturated heterocycles. The highest BCUT2D eigenvalue weighted by Crippen LogP contribution is 2.44. The molecule has 0 aromatic rings. The van der Waals surface area contributed by atoms with Crippen LogP contribution < -0.4 is 0 Å². The highest BCUT2D eigenvalue weighted by Gasteiger charge is 2.64. The Morgan fingerprint density at radius 2 is 2.21 bits per heavy atom. The second-order valence-corrected chi connectivity index (χ2v) is 3.68. The molecule has 4 atom stereocenters. The van der Waals surface area contributed by atoms with E-state index in [0.717, 1.165) is 0 Å². The summed E-state index contributed by atoms with van der Waals surface area (Å²) in [6.45, 7) is 5.42. The van der Waals surface area contributed by atoms with Crippen LogP contribution in [0.4, 0.5) is 0 Å². The summed E-state index contributed by atoms with van der Waals surface area (Å²) in [6.07, 6.45) is 1.22. The van der Waals surface area contributed by atoms with Crippen LogP contribution >= 0.6 is 0 Å². The number of fused-ring (bicyclic) bond motifs is 1. The van der Waals surface area contributed by atoms with Crippen molar-refractivity contribution >= 4 is 0 Å². The van der Waals surface area contributed by atoms with Crippen molar-refractivity contribution in [2.75, 3.05) is 0 Å². The molecule has 1 aliphatic carbocycles. The number of rotatable bonds is 0. The van der Waals surface area contributed by atoms with E-state index in [0.29, 0.717) is 5.57 Å². The van der Waals surface area contributed by atoms with Gasteiger partial charge in [0.2, 0.25) is 0 Å². The topological polar surface area (TPSA) is 53.0 Å².